The van der Waals surface area contributed by atoms with Gasteiger partial charge >= 0.3 is 12.0 Å². The van der Waals surface area contributed by atoms with E-state index in [4.69, 9.17) is 9.52 Å². The molecule has 1 aromatic rings. The second-order valence-electron chi connectivity index (χ2n) is 2.97. The molecule has 1 unspecified atom stereocenters. The predicted molar refractivity (Wildman–Crippen MR) is 51.2 cm³/mol. The number of nitrogens with one attached hydrogen (secondary N) is 2. The molecule has 2 amide bonds. The summed E-state index contributed by atoms with van der Waals surface area (Å²) < 4.78 is 4.98. The molecule has 0 spiro atoms. The summed E-state index contributed by atoms with van der Waals surface area (Å²) in [5.41, 5.74) is 0. The van der Waals surface area contributed by atoms with E-state index in [0.717, 1.165) is 0 Å². The molecule has 0 aromatic carbocycles. The van der Waals surface area contributed by atoms with Gasteiger partial charge in [-0.15, -0.1) is 0 Å². The highest BCUT2D eigenvalue weighted by atomic mass is 16.4. The van der Waals surface area contributed by atoms with Crippen molar-refractivity contribution in [1.82, 2.24) is 10.6 Å². The number of carbonyl (C=O) groups is 2. The lowest BCUT2D eigenvalue weighted by molar-refractivity contribution is -0.138. The van der Waals surface area contributed by atoms with Crippen LogP contribution in [0.15, 0.2) is 22.8 Å². The normalized spacial score (nSPS) is 11.8. The van der Waals surface area contributed by atoms with Crippen LogP contribution in [0.5, 0.6) is 0 Å². The van der Waals surface area contributed by atoms with E-state index in [1.807, 2.05) is 0 Å². The first kappa shape index (κ1) is 11.1. The SMILES string of the molecule is CC(NC(=O)NCc1ccco1)C(=O)O. The molecule has 3 N–H and O–H groups in total. The van der Waals surface area contributed by atoms with Crippen molar-refractivity contribution in [2.45, 2.75) is 19.5 Å². The molecule has 1 aromatic heterocycles. The lowest BCUT2D eigenvalue weighted by Gasteiger charge is -2.09. The lowest BCUT2D eigenvalue weighted by Crippen LogP contribution is -2.44. The zero-order valence-electron chi connectivity index (χ0n) is 8.19. The Labute approximate surface area is 86.3 Å². The van der Waals surface area contributed by atoms with Crippen molar-refractivity contribution in [2.24, 2.45) is 0 Å². The van der Waals surface area contributed by atoms with Crippen molar-refractivity contribution in [3.8, 4) is 0 Å². The average Bonchev–Trinajstić information content (AvgIpc) is 2.66. The number of aliphatic carboxylic acids is 1. The smallest absolute Gasteiger partial charge is 0.325 e. The highest BCUT2D eigenvalue weighted by molar-refractivity contribution is 5.82. The van der Waals surface area contributed by atoms with Gasteiger partial charge in [0.1, 0.15) is 11.8 Å². The van der Waals surface area contributed by atoms with Crippen LogP contribution < -0.4 is 10.6 Å². The number of amides is 2. The van der Waals surface area contributed by atoms with Gasteiger partial charge < -0.3 is 20.2 Å². The molecule has 1 heterocycles. The number of carboxylic acid groups (broad SMARTS) is 1. The number of carbonyl (C=O) groups excluding carboxylic acids is 1. The first-order valence-corrected chi connectivity index (χ1v) is 4.39. The molecule has 0 saturated carbocycles. The Morgan fingerprint density at radius 2 is 2.33 bits per heavy atom. The van der Waals surface area contributed by atoms with E-state index in [1.165, 1.54) is 13.2 Å². The Balaban J connectivity index is 2.28. The van der Waals surface area contributed by atoms with Gasteiger partial charge in [-0.1, -0.05) is 0 Å². The zero-order chi connectivity index (χ0) is 11.3. The van der Waals surface area contributed by atoms with Gasteiger partial charge in [0.05, 0.1) is 12.8 Å². The standard InChI is InChI=1S/C9H12N2O4/c1-6(8(12)13)11-9(14)10-5-7-3-2-4-15-7/h2-4,6H,5H2,1H3,(H,12,13)(H2,10,11,14). The summed E-state index contributed by atoms with van der Waals surface area (Å²) >= 11 is 0. The minimum atomic E-state index is -1.08. The Bertz CT molecular complexity index is 334. The van der Waals surface area contributed by atoms with Gasteiger partial charge in [-0.3, -0.25) is 4.79 Å². The van der Waals surface area contributed by atoms with E-state index in [1.54, 1.807) is 12.1 Å². The predicted octanol–water partition coefficient (Wildman–Crippen LogP) is 0.552. The molecule has 0 fully saturated rings. The third-order valence-corrected chi connectivity index (χ3v) is 1.72. The van der Waals surface area contributed by atoms with Crippen LogP contribution in [0.1, 0.15) is 12.7 Å². The minimum absolute atomic E-state index is 0.227. The minimum Gasteiger partial charge on any atom is -0.480 e. The van der Waals surface area contributed by atoms with Crippen molar-refractivity contribution in [3.63, 3.8) is 0 Å². The van der Waals surface area contributed by atoms with Crippen LogP contribution in [-0.4, -0.2) is 23.1 Å². The highest BCUT2D eigenvalue weighted by Gasteiger charge is 2.13. The molecular weight excluding hydrogens is 200 g/mol. The van der Waals surface area contributed by atoms with Crippen LogP contribution in [0.25, 0.3) is 0 Å². The van der Waals surface area contributed by atoms with Gasteiger partial charge in [0, 0.05) is 0 Å². The molecule has 0 bridgehead atoms. The first-order chi connectivity index (χ1) is 7.09. The lowest BCUT2D eigenvalue weighted by atomic mass is 10.3. The highest BCUT2D eigenvalue weighted by Crippen LogP contribution is 1.98. The summed E-state index contributed by atoms with van der Waals surface area (Å²) in [5, 5.41) is 13.2. The number of carboxylic acids is 1. The number of hydrogen-bond acceptors (Lipinski definition) is 3. The van der Waals surface area contributed by atoms with Crippen LogP contribution in [0.4, 0.5) is 4.79 Å². The Kier molecular flexibility index (Phi) is 3.73. The Morgan fingerprint density at radius 1 is 1.60 bits per heavy atom. The second kappa shape index (κ2) is 5.04. The van der Waals surface area contributed by atoms with Crippen LogP contribution in [-0.2, 0) is 11.3 Å². The molecule has 0 saturated heterocycles. The third-order valence-electron chi connectivity index (χ3n) is 1.72. The van der Waals surface area contributed by atoms with Crippen molar-refractivity contribution in [1.29, 1.82) is 0 Å². The van der Waals surface area contributed by atoms with E-state index < -0.39 is 18.0 Å². The quantitative estimate of drug-likeness (QED) is 0.679. The molecule has 0 aliphatic carbocycles. The van der Waals surface area contributed by atoms with Crippen molar-refractivity contribution in [3.05, 3.63) is 24.2 Å². The summed E-state index contributed by atoms with van der Waals surface area (Å²) in [6, 6.07) is 1.96. The molecule has 0 aliphatic rings. The second-order valence-corrected chi connectivity index (χ2v) is 2.97. The van der Waals surface area contributed by atoms with E-state index in [2.05, 4.69) is 10.6 Å². The molecule has 82 valence electrons. The van der Waals surface area contributed by atoms with Crippen molar-refractivity contribution < 1.29 is 19.1 Å². The zero-order valence-corrected chi connectivity index (χ0v) is 8.19. The number of furan rings is 1. The van der Waals surface area contributed by atoms with E-state index >= 15 is 0 Å². The largest absolute Gasteiger partial charge is 0.480 e. The van der Waals surface area contributed by atoms with Crippen LogP contribution in [0.2, 0.25) is 0 Å². The van der Waals surface area contributed by atoms with Crippen molar-refractivity contribution in [2.75, 3.05) is 0 Å². The molecule has 0 aliphatic heterocycles. The fourth-order valence-corrected chi connectivity index (χ4v) is 0.890. The summed E-state index contributed by atoms with van der Waals surface area (Å²) in [7, 11) is 0. The monoisotopic (exact) mass is 212 g/mol. The van der Waals surface area contributed by atoms with Crippen molar-refractivity contribution >= 4 is 12.0 Å². The molecule has 1 rings (SSSR count). The number of rotatable bonds is 4. The maximum atomic E-state index is 11.1. The molecular formula is C9H12N2O4. The number of urea groups is 1. The van der Waals surface area contributed by atoms with Gasteiger partial charge in [-0.2, -0.15) is 0 Å². The molecule has 0 radical (unpaired) electrons. The fourth-order valence-electron chi connectivity index (χ4n) is 0.890. The van der Waals surface area contributed by atoms with Gasteiger partial charge in [0.25, 0.3) is 0 Å². The molecule has 6 nitrogen and oxygen atoms in total. The third kappa shape index (κ3) is 3.72. The van der Waals surface area contributed by atoms with E-state index in [-0.39, 0.29) is 6.54 Å². The number of hydrogen-bond donors (Lipinski definition) is 3. The molecule has 15 heavy (non-hydrogen) atoms. The van der Waals surface area contributed by atoms with Gasteiger partial charge in [-0.05, 0) is 19.1 Å². The topological polar surface area (TPSA) is 91.6 Å². The first-order valence-electron chi connectivity index (χ1n) is 4.39. The summed E-state index contributed by atoms with van der Waals surface area (Å²) in [5.74, 6) is -0.476. The van der Waals surface area contributed by atoms with Gasteiger partial charge in [-0.25, -0.2) is 4.79 Å². The van der Waals surface area contributed by atoms with E-state index in [0.29, 0.717) is 5.76 Å². The maximum absolute atomic E-state index is 11.1. The Morgan fingerprint density at radius 3 is 2.87 bits per heavy atom. The summed E-state index contributed by atoms with van der Waals surface area (Å²) in [6.45, 7) is 1.61. The van der Waals surface area contributed by atoms with Crippen LogP contribution in [0.3, 0.4) is 0 Å². The Hall–Kier alpha value is -1.98. The van der Waals surface area contributed by atoms with Gasteiger partial charge in [0.15, 0.2) is 0 Å². The van der Waals surface area contributed by atoms with Crippen LogP contribution >= 0.6 is 0 Å². The molecule has 6 heteroatoms. The fraction of sp³-hybridized carbons (Fsp3) is 0.333. The van der Waals surface area contributed by atoms with E-state index in [9.17, 15) is 9.59 Å². The maximum Gasteiger partial charge on any atom is 0.325 e. The average molecular weight is 212 g/mol. The summed E-state index contributed by atoms with van der Waals surface area (Å²) in [4.78, 5) is 21.5. The van der Waals surface area contributed by atoms with Crippen LogP contribution in [0, 0.1) is 0 Å². The van der Waals surface area contributed by atoms with Gasteiger partial charge in [0.2, 0.25) is 0 Å². The molecule has 1 atom stereocenters. The summed E-state index contributed by atoms with van der Waals surface area (Å²) in [6.07, 6.45) is 1.49.